The van der Waals surface area contributed by atoms with Gasteiger partial charge in [0.2, 0.25) is 0 Å². The largest absolute Gasteiger partial charge is 0.492 e. The zero-order valence-corrected chi connectivity index (χ0v) is 18.2. The lowest BCUT2D eigenvalue weighted by molar-refractivity contribution is 0.312. The van der Waals surface area contributed by atoms with E-state index in [1.807, 2.05) is 17.0 Å². The molecule has 0 aromatic heterocycles. The standard InChI is InChI=1S/C20H33N3O3S/c1-19(2,3)16-8-7-9-17(14-16)26-12-10-22-18(21-6)23-11-13-27(24,25)20(4,5)15-23/h7-9,14H,10-13,15H2,1-6H3,(H,21,22). The van der Waals surface area contributed by atoms with Crippen LogP contribution in [0.5, 0.6) is 5.75 Å². The summed E-state index contributed by atoms with van der Waals surface area (Å²) in [6.45, 7) is 12.1. The molecule has 1 aliphatic rings. The van der Waals surface area contributed by atoms with Crippen molar-refractivity contribution in [2.75, 3.05) is 39.0 Å². The summed E-state index contributed by atoms with van der Waals surface area (Å²) in [4.78, 5) is 6.30. The lowest BCUT2D eigenvalue weighted by Gasteiger charge is -2.39. The van der Waals surface area contributed by atoms with Crippen molar-refractivity contribution in [3.05, 3.63) is 29.8 Å². The Labute approximate surface area is 163 Å². The van der Waals surface area contributed by atoms with Gasteiger partial charge in [0.15, 0.2) is 15.8 Å². The minimum Gasteiger partial charge on any atom is -0.492 e. The zero-order valence-electron chi connectivity index (χ0n) is 17.4. The second kappa shape index (κ2) is 8.09. The number of hydrogen-bond donors (Lipinski definition) is 1. The fourth-order valence-corrected chi connectivity index (χ4v) is 4.41. The highest BCUT2D eigenvalue weighted by Crippen LogP contribution is 2.26. The third kappa shape index (κ3) is 5.37. The van der Waals surface area contributed by atoms with E-state index in [2.05, 4.69) is 43.2 Å². The van der Waals surface area contributed by atoms with E-state index < -0.39 is 14.6 Å². The highest BCUT2D eigenvalue weighted by atomic mass is 32.2. The lowest BCUT2D eigenvalue weighted by Crippen LogP contribution is -2.57. The summed E-state index contributed by atoms with van der Waals surface area (Å²) in [5, 5.41) is 3.28. The van der Waals surface area contributed by atoms with Crippen LogP contribution in [0.3, 0.4) is 0 Å². The van der Waals surface area contributed by atoms with Gasteiger partial charge in [-0.15, -0.1) is 0 Å². The SMILES string of the molecule is CN=C(NCCOc1cccc(C(C)(C)C)c1)N1CCS(=O)(=O)C(C)(C)C1. The van der Waals surface area contributed by atoms with Gasteiger partial charge in [0, 0.05) is 20.1 Å². The van der Waals surface area contributed by atoms with Crippen molar-refractivity contribution in [2.24, 2.45) is 4.99 Å². The van der Waals surface area contributed by atoms with Gasteiger partial charge in [0.1, 0.15) is 12.4 Å². The molecule has 6 nitrogen and oxygen atoms in total. The summed E-state index contributed by atoms with van der Waals surface area (Å²) in [5.74, 6) is 1.71. The highest BCUT2D eigenvalue weighted by molar-refractivity contribution is 7.92. The van der Waals surface area contributed by atoms with Crippen molar-refractivity contribution in [1.29, 1.82) is 0 Å². The maximum Gasteiger partial charge on any atom is 0.193 e. The molecular formula is C20H33N3O3S. The summed E-state index contributed by atoms with van der Waals surface area (Å²) in [5.41, 5.74) is 1.32. The molecule has 152 valence electrons. The first-order chi connectivity index (χ1) is 12.5. The normalized spacial score (nSPS) is 19.6. The molecule has 0 atom stereocenters. The van der Waals surface area contributed by atoms with Crippen molar-refractivity contribution in [2.45, 2.75) is 44.8 Å². The first kappa shape index (κ1) is 21.5. The van der Waals surface area contributed by atoms with Crippen molar-refractivity contribution >= 4 is 15.8 Å². The Bertz CT molecular complexity index is 780. The van der Waals surface area contributed by atoms with Crippen molar-refractivity contribution in [3.63, 3.8) is 0 Å². The molecule has 0 unspecified atom stereocenters. The van der Waals surface area contributed by atoms with E-state index in [0.717, 1.165) is 5.75 Å². The number of nitrogens with one attached hydrogen (secondary N) is 1. The predicted molar refractivity (Wildman–Crippen MR) is 111 cm³/mol. The van der Waals surface area contributed by atoms with Crippen LogP contribution in [0.25, 0.3) is 0 Å². The first-order valence-electron chi connectivity index (χ1n) is 9.37. The third-order valence-corrected chi connectivity index (χ3v) is 7.44. The van der Waals surface area contributed by atoms with Crippen LogP contribution in [-0.2, 0) is 15.3 Å². The molecule has 0 aliphatic carbocycles. The van der Waals surface area contributed by atoms with Crippen molar-refractivity contribution in [1.82, 2.24) is 10.2 Å². The van der Waals surface area contributed by atoms with Crippen molar-refractivity contribution in [3.8, 4) is 5.75 Å². The van der Waals surface area contributed by atoms with Gasteiger partial charge >= 0.3 is 0 Å². The average Bonchev–Trinajstić information content (AvgIpc) is 2.57. The van der Waals surface area contributed by atoms with Gasteiger partial charge in [-0.05, 0) is 37.0 Å². The quantitative estimate of drug-likeness (QED) is 0.482. The minimum atomic E-state index is -3.06. The molecule has 7 heteroatoms. The van der Waals surface area contributed by atoms with Gasteiger partial charge < -0.3 is 15.0 Å². The van der Waals surface area contributed by atoms with Gasteiger partial charge in [-0.3, -0.25) is 4.99 Å². The predicted octanol–water partition coefficient (Wildman–Crippen LogP) is 2.45. The smallest absolute Gasteiger partial charge is 0.193 e. The lowest BCUT2D eigenvalue weighted by atomic mass is 9.87. The Morgan fingerprint density at radius 3 is 2.63 bits per heavy atom. The molecule has 0 spiro atoms. The molecule has 0 amide bonds. The summed E-state index contributed by atoms with van der Waals surface area (Å²) in [6.07, 6.45) is 0. The topological polar surface area (TPSA) is 71.0 Å². The maximum absolute atomic E-state index is 12.2. The van der Waals surface area contributed by atoms with E-state index in [1.165, 1.54) is 5.56 Å². The average molecular weight is 396 g/mol. The number of nitrogens with zero attached hydrogens (tertiary/aromatic N) is 2. The van der Waals surface area contributed by atoms with E-state index in [-0.39, 0.29) is 11.2 Å². The van der Waals surface area contributed by atoms with Gasteiger partial charge in [0.05, 0.1) is 17.0 Å². The van der Waals surface area contributed by atoms with Crippen molar-refractivity contribution < 1.29 is 13.2 Å². The van der Waals surface area contributed by atoms with E-state index in [1.54, 1.807) is 20.9 Å². The number of guanidine groups is 1. The molecule has 0 bridgehead atoms. The summed E-state index contributed by atoms with van der Waals surface area (Å²) in [7, 11) is -1.35. The Balaban J connectivity index is 1.88. The number of benzene rings is 1. The van der Waals surface area contributed by atoms with Crippen LogP contribution in [-0.4, -0.2) is 63.1 Å². The maximum atomic E-state index is 12.2. The van der Waals surface area contributed by atoms with Crippen LogP contribution in [0.4, 0.5) is 0 Å². The van der Waals surface area contributed by atoms with Gasteiger partial charge in [-0.1, -0.05) is 32.9 Å². The minimum absolute atomic E-state index is 0.0844. The molecule has 1 aliphatic heterocycles. The highest BCUT2D eigenvalue weighted by Gasteiger charge is 2.40. The van der Waals surface area contributed by atoms with Crippen LogP contribution >= 0.6 is 0 Å². The number of ether oxygens (including phenoxy) is 1. The molecule has 1 saturated heterocycles. The summed E-state index contributed by atoms with van der Waals surface area (Å²) in [6, 6.07) is 8.16. The van der Waals surface area contributed by atoms with Crippen LogP contribution in [0.2, 0.25) is 0 Å². The van der Waals surface area contributed by atoms with Gasteiger partial charge in [-0.2, -0.15) is 0 Å². The molecule has 1 aromatic rings. The third-order valence-electron chi connectivity index (χ3n) is 4.91. The second-order valence-corrected chi connectivity index (χ2v) is 11.3. The molecule has 1 N–H and O–H groups in total. The number of hydrogen-bond acceptors (Lipinski definition) is 4. The molecular weight excluding hydrogens is 362 g/mol. The molecule has 1 aromatic carbocycles. The molecule has 1 fully saturated rings. The first-order valence-corrected chi connectivity index (χ1v) is 11.0. The number of aliphatic imine (C=N–C) groups is 1. The fraction of sp³-hybridized carbons (Fsp3) is 0.650. The van der Waals surface area contributed by atoms with Gasteiger partial charge in [0.25, 0.3) is 0 Å². The molecule has 2 rings (SSSR count). The number of rotatable bonds is 4. The van der Waals surface area contributed by atoms with Crippen LogP contribution in [0.15, 0.2) is 29.3 Å². The van der Waals surface area contributed by atoms with E-state index in [9.17, 15) is 8.42 Å². The Morgan fingerprint density at radius 1 is 1.33 bits per heavy atom. The summed E-state index contributed by atoms with van der Waals surface area (Å²) < 4.78 is 29.4. The van der Waals surface area contributed by atoms with E-state index >= 15 is 0 Å². The Morgan fingerprint density at radius 2 is 2.04 bits per heavy atom. The Hall–Kier alpha value is -1.76. The Kier molecular flexibility index (Phi) is 6.45. The second-order valence-electron chi connectivity index (χ2n) is 8.60. The molecule has 0 radical (unpaired) electrons. The fourth-order valence-electron chi connectivity index (χ4n) is 3.04. The van der Waals surface area contributed by atoms with Crippen LogP contribution < -0.4 is 10.1 Å². The summed E-state index contributed by atoms with van der Waals surface area (Å²) >= 11 is 0. The van der Waals surface area contributed by atoms with Crippen LogP contribution in [0.1, 0.15) is 40.2 Å². The number of sulfone groups is 1. The van der Waals surface area contributed by atoms with E-state index in [0.29, 0.717) is 32.2 Å². The monoisotopic (exact) mass is 395 g/mol. The molecule has 0 saturated carbocycles. The zero-order chi connectivity index (χ0) is 20.3. The van der Waals surface area contributed by atoms with E-state index in [4.69, 9.17) is 4.74 Å². The molecule has 27 heavy (non-hydrogen) atoms. The van der Waals surface area contributed by atoms with Crippen LogP contribution in [0, 0.1) is 0 Å². The molecule has 1 heterocycles. The van der Waals surface area contributed by atoms with Gasteiger partial charge in [-0.25, -0.2) is 8.42 Å².